The average molecular weight is 367 g/mol. The van der Waals surface area contributed by atoms with Crippen molar-refractivity contribution in [2.24, 2.45) is 5.92 Å². The van der Waals surface area contributed by atoms with Gasteiger partial charge in [-0.3, -0.25) is 4.79 Å². The van der Waals surface area contributed by atoms with Crippen LogP contribution in [-0.2, 0) is 0 Å². The Hall–Kier alpha value is -1.32. The zero-order chi connectivity index (χ0) is 17.7. The molecule has 24 heavy (non-hydrogen) atoms. The second kappa shape index (κ2) is 8.68. The SMILES string of the molecule is C/C(NC1CCC(C)CC1)=C(/C=N)CC(=O)c1c(Cl)cccc1Cl. The van der Waals surface area contributed by atoms with Gasteiger partial charge in [-0.1, -0.05) is 36.2 Å². The number of carbonyl (C=O) groups is 1. The molecule has 0 heterocycles. The van der Waals surface area contributed by atoms with Crippen LogP contribution in [0.5, 0.6) is 0 Å². The Morgan fingerprint density at radius 2 is 1.83 bits per heavy atom. The van der Waals surface area contributed by atoms with Gasteiger partial charge in [0.05, 0.1) is 15.6 Å². The Morgan fingerprint density at radius 1 is 1.25 bits per heavy atom. The van der Waals surface area contributed by atoms with Gasteiger partial charge in [-0.15, -0.1) is 0 Å². The van der Waals surface area contributed by atoms with E-state index in [1.54, 1.807) is 18.2 Å². The summed E-state index contributed by atoms with van der Waals surface area (Å²) in [4.78, 5) is 12.6. The average Bonchev–Trinajstić information content (AvgIpc) is 2.54. The van der Waals surface area contributed by atoms with Crippen LogP contribution < -0.4 is 5.32 Å². The largest absolute Gasteiger partial charge is 0.386 e. The lowest BCUT2D eigenvalue weighted by Crippen LogP contribution is -2.32. The first kappa shape index (κ1) is 19.0. The molecule has 0 unspecified atom stereocenters. The van der Waals surface area contributed by atoms with E-state index in [4.69, 9.17) is 28.6 Å². The van der Waals surface area contributed by atoms with E-state index in [-0.39, 0.29) is 12.2 Å². The lowest BCUT2D eigenvalue weighted by Gasteiger charge is -2.28. The molecule has 1 fully saturated rings. The number of allylic oxidation sites excluding steroid dienone is 2. The van der Waals surface area contributed by atoms with Gasteiger partial charge in [0.2, 0.25) is 0 Å². The van der Waals surface area contributed by atoms with Gasteiger partial charge < -0.3 is 10.7 Å². The normalized spacial score (nSPS) is 21.8. The first-order chi connectivity index (χ1) is 11.4. The molecule has 2 rings (SSSR count). The number of Topliss-reactive ketones (excluding diaryl/α,β-unsaturated/α-hetero) is 1. The molecule has 0 saturated heterocycles. The van der Waals surface area contributed by atoms with Gasteiger partial charge in [-0.05, 0) is 56.2 Å². The number of hydrogen-bond acceptors (Lipinski definition) is 3. The number of benzene rings is 1. The van der Waals surface area contributed by atoms with E-state index in [1.807, 2.05) is 6.92 Å². The minimum Gasteiger partial charge on any atom is -0.386 e. The molecule has 0 spiro atoms. The van der Waals surface area contributed by atoms with Crippen molar-refractivity contribution < 1.29 is 4.79 Å². The monoisotopic (exact) mass is 366 g/mol. The van der Waals surface area contributed by atoms with Gasteiger partial charge in [0.1, 0.15) is 0 Å². The summed E-state index contributed by atoms with van der Waals surface area (Å²) in [5, 5.41) is 11.8. The van der Waals surface area contributed by atoms with Crippen molar-refractivity contribution in [1.29, 1.82) is 5.41 Å². The van der Waals surface area contributed by atoms with Crippen LogP contribution in [-0.4, -0.2) is 18.0 Å². The van der Waals surface area contributed by atoms with E-state index >= 15 is 0 Å². The van der Waals surface area contributed by atoms with Crippen LogP contribution in [0.1, 0.15) is 56.3 Å². The third kappa shape index (κ3) is 4.84. The zero-order valence-electron chi connectivity index (χ0n) is 14.2. The summed E-state index contributed by atoms with van der Waals surface area (Å²) in [6.07, 6.45) is 6.07. The number of ketones is 1. The van der Waals surface area contributed by atoms with Crippen molar-refractivity contribution >= 4 is 35.2 Å². The van der Waals surface area contributed by atoms with E-state index in [2.05, 4.69) is 12.2 Å². The molecule has 0 aliphatic heterocycles. The number of halogens is 2. The quantitative estimate of drug-likeness (QED) is 0.504. The molecule has 3 nitrogen and oxygen atoms in total. The molecular weight excluding hydrogens is 343 g/mol. The van der Waals surface area contributed by atoms with Gasteiger partial charge in [-0.2, -0.15) is 0 Å². The van der Waals surface area contributed by atoms with E-state index in [0.717, 1.165) is 24.5 Å². The maximum absolute atomic E-state index is 12.6. The third-order valence-corrected chi connectivity index (χ3v) is 5.31. The summed E-state index contributed by atoms with van der Waals surface area (Å²) in [5.74, 6) is 0.626. The second-order valence-corrected chi connectivity index (χ2v) is 7.41. The van der Waals surface area contributed by atoms with Crippen LogP contribution in [0.3, 0.4) is 0 Å². The summed E-state index contributed by atoms with van der Waals surface area (Å²) in [6, 6.07) is 5.45. The number of hydrogen-bond donors (Lipinski definition) is 2. The molecule has 0 aromatic heterocycles. The molecular formula is C19H24Cl2N2O. The summed E-state index contributed by atoms with van der Waals surface area (Å²) in [6.45, 7) is 4.22. The Kier molecular flexibility index (Phi) is 6.88. The highest BCUT2D eigenvalue weighted by Gasteiger charge is 2.20. The topological polar surface area (TPSA) is 53.0 Å². The van der Waals surface area contributed by atoms with Crippen molar-refractivity contribution in [3.8, 4) is 0 Å². The summed E-state index contributed by atoms with van der Waals surface area (Å²) < 4.78 is 0. The van der Waals surface area contributed by atoms with Crippen molar-refractivity contribution in [1.82, 2.24) is 5.32 Å². The van der Waals surface area contributed by atoms with Crippen LogP contribution in [0, 0.1) is 11.3 Å². The standard InChI is InChI=1S/C19H24Cl2N2O/c1-12-6-8-15(9-7-12)23-13(2)14(11-22)10-18(24)19-16(20)4-3-5-17(19)21/h3-5,11-12,15,22-23H,6-10H2,1-2H3/b14-13-,22-11?. The molecule has 0 amide bonds. The van der Waals surface area contributed by atoms with Crippen molar-refractivity contribution in [2.45, 2.75) is 52.0 Å². The molecule has 0 radical (unpaired) electrons. The number of carbonyl (C=O) groups excluding carboxylic acids is 1. The van der Waals surface area contributed by atoms with Crippen LogP contribution in [0.4, 0.5) is 0 Å². The maximum atomic E-state index is 12.6. The molecule has 1 aliphatic rings. The Bertz CT molecular complexity index is 627. The van der Waals surface area contributed by atoms with Gasteiger partial charge in [0, 0.05) is 24.4 Å². The molecule has 1 saturated carbocycles. The van der Waals surface area contributed by atoms with E-state index in [1.165, 1.54) is 19.1 Å². The molecule has 0 atom stereocenters. The molecule has 2 N–H and O–H groups in total. The summed E-state index contributed by atoms with van der Waals surface area (Å²) >= 11 is 12.2. The van der Waals surface area contributed by atoms with Gasteiger partial charge >= 0.3 is 0 Å². The first-order valence-electron chi connectivity index (χ1n) is 8.36. The summed E-state index contributed by atoms with van der Waals surface area (Å²) in [5.41, 5.74) is 1.90. The predicted octanol–water partition coefficient (Wildman–Crippen LogP) is 5.66. The fraction of sp³-hybridized carbons (Fsp3) is 0.474. The van der Waals surface area contributed by atoms with Crippen LogP contribution >= 0.6 is 23.2 Å². The highest BCUT2D eigenvalue weighted by atomic mass is 35.5. The Morgan fingerprint density at radius 3 is 2.38 bits per heavy atom. The minimum absolute atomic E-state index is 0.120. The highest BCUT2D eigenvalue weighted by molar-refractivity contribution is 6.40. The van der Waals surface area contributed by atoms with Gasteiger partial charge in [-0.25, -0.2) is 0 Å². The zero-order valence-corrected chi connectivity index (χ0v) is 15.7. The van der Waals surface area contributed by atoms with Gasteiger partial charge in [0.25, 0.3) is 0 Å². The molecule has 1 aromatic rings. The predicted molar refractivity (Wildman–Crippen MR) is 101 cm³/mol. The number of nitrogens with one attached hydrogen (secondary N) is 2. The number of rotatable bonds is 6. The Balaban J connectivity index is 2.09. The smallest absolute Gasteiger partial charge is 0.170 e. The van der Waals surface area contributed by atoms with Crippen molar-refractivity contribution in [3.63, 3.8) is 0 Å². The third-order valence-electron chi connectivity index (χ3n) is 4.68. The lowest BCUT2D eigenvalue weighted by atomic mass is 9.87. The second-order valence-electron chi connectivity index (χ2n) is 6.59. The van der Waals surface area contributed by atoms with Crippen LogP contribution in [0.2, 0.25) is 10.0 Å². The van der Waals surface area contributed by atoms with E-state index in [9.17, 15) is 4.79 Å². The van der Waals surface area contributed by atoms with Crippen LogP contribution in [0.25, 0.3) is 0 Å². The fourth-order valence-electron chi connectivity index (χ4n) is 3.12. The van der Waals surface area contributed by atoms with Crippen LogP contribution in [0.15, 0.2) is 29.5 Å². The Labute approximate surface area is 153 Å². The van der Waals surface area contributed by atoms with Crippen molar-refractivity contribution in [2.75, 3.05) is 0 Å². The van der Waals surface area contributed by atoms with E-state index in [0.29, 0.717) is 27.2 Å². The lowest BCUT2D eigenvalue weighted by molar-refractivity contribution is 0.0994. The maximum Gasteiger partial charge on any atom is 0.170 e. The van der Waals surface area contributed by atoms with Crippen molar-refractivity contribution in [3.05, 3.63) is 45.1 Å². The fourth-order valence-corrected chi connectivity index (χ4v) is 3.73. The molecule has 5 heteroatoms. The minimum atomic E-state index is -0.164. The van der Waals surface area contributed by atoms with Gasteiger partial charge in [0.15, 0.2) is 5.78 Å². The molecule has 1 aliphatic carbocycles. The molecule has 0 bridgehead atoms. The highest BCUT2D eigenvalue weighted by Crippen LogP contribution is 2.27. The molecule has 1 aromatic carbocycles. The van der Waals surface area contributed by atoms with E-state index < -0.39 is 0 Å². The molecule has 130 valence electrons. The summed E-state index contributed by atoms with van der Waals surface area (Å²) in [7, 11) is 0. The first-order valence-corrected chi connectivity index (χ1v) is 9.12.